The van der Waals surface area contributed by atoms with Crippen LogP contribution in [0.25, 0.3) is 0 Å². The summed E-state index contributed by atoms with van der Waals surface area (Å²) in [5.41, 5.74) is 3.17. The quantitative estimate of drug-likeness (QED) is 0.502. The molecule has 5 nitrogen and oxygen atoms in total. The fraction of sp³-hybridized carbons (Fsp3) is 0.240. The lowest BCUT2D eigenvalue weighted by atomic mass is 10.1. The molecule has 1 amide bonds. The lowest BCUT2D eigenvalue weighted by Gasteiger charge is -2.24. The molecule has 0 saturated heterocycles. The number of nitrogens with one attached hydrogen (secondary N) is 1. The average molecular weight is 471 g/mol. The summed E-state index contributed by atoms with van der Waals surface area (Å²) < 4.78 is 28.4. The molecule has 3 rings (SSSR count). The van der Waals surface area contributed by atoms with E-state index >= 15 is 0 Å². The van der Waals surface area contributed by atoms with Gasteiger partial charge >= 0.3 is 0 Å². The standard InChI is InChI=1S/C25H27ClN2O3S/c1-18-9-10-19(2)24(15-18)32(30,31)28(16-21-7-5-4-6-8-21)17-25(29)27-20(3)22-11-13-23(26)14-12-22/h4-15,20H,16-17H2,1-3H3,(H,27,29)/t20-/m1/s1. The first-order chi connectivity index (χ1) is 15.2. The Morgan fingerprint density at radius 2 is 1.66 bits per heavy atom. The number of hydrogen-bond donors (Lipinski definition) is 1. The maximum absolute atomic E-state index is 13.6. The zero-order valence-electron chi connectivity index (χ0n) is 18.4. The van der Waals surface area contributed by atoms with Crippen LogP contribution in [0.1, 0.15) is 35.2 Å². The Bertz CT molecular complexity index is 1180. The molecule has 3 aromatic rings. The maximum Gasteiger partial charge on any atom is 0.244 e. The molecular weight excluding hydrogens is 444 g/mol. The Hall–Kier alpha value is -2.67. The highest BCUT2D eigenvalue weighted by atomic mass is 35.5. The number of benzene rings is 3. The predicted molar refractivity (Wildman–Crippen MR) is 128 cm³/mol. The van der Waals surface area contributed by atoms with Gasteiger partial charge in [0.15, 0.2) is 0 Å². The fourth-order valence-electron chi connectivity index (χ4n) is 3.42. The third-order valence-corrected chi connectivity index (χ3v) is 7.42. The van der Waals surface area contributed by atoms with E-state index in [1.165, 1.54) is 4.31 Å². The SMILES string of the molecule is Cc1ccc(C)c(S(=O)(=O)N(CC(=O)N[C@H](C)c2ccc(Cl)cc2)Cc2ccccc2)c1. The van der Waals surface area contributed by atoms with E-state index in [1.54, 1.807) is 31.2 Å². The highest BCUT2D eigenvalue weighted by Gasteiger charge is 2.29. The van der Waals surface area contributed by atoms with Crippen molar-refractivity contribution in [1.29, 1.82) is 0 Å². The summed E-state index contributed by atoms with van der Waals surface area (Å²) >= 11 is 5.94. The maximum atomic E-state index is 13.6. The molecular formula is C25H27ClN2O3S. The number of sulfonamides is 1. The van der Waals surface area contributed by atoms with E-state index in [9.17, 15) is 13.2 Å². The molecule has 0 fully saturated rings. The Labute approximate surface area is 195 Å². The van der Waals surface area contributed by atoms with E-state index in [0.29, 0.717) is 10.6 Å². The minimum Gasteiger partial charge on any atom is -0.348 e. The molecule has 0 aliphatic carbocycles. The fourth-order valence-corrected chi connectivity index (χ4v) is 5.24. The summed E-state index contributed by atoms with van der Waals surface area (Å²) in [5, 5.41) is 3.51. The number of aryl methyl sites for hydroxylation is 2. The summed E-state index contributed by atoms with van der Waals surface area (Å²) in [4.78, 5) is 13.1. The van der Waals surface area contributed by atoms with Gasteiger partial charge in [-0.3, -0.25) is 4.79 Å². The smallest absolute Gasteiger partial charge is 0.244 e. The van der Waals surface area contributed by atoms with Crippen molar-refractivity contribution in [3.05, 3.63) is 100 Å². The van der Waals surface area contributed by atoms with Gasteiger partial charge in [-0.2, -0.15) is 4.31 Å². The third-order valence-electron chi connectivity index (χ3n) is 5.23. The Morgan fingerprint density at radius 3 is 2.31 bits per heavy atom. The second kappa shape index (κ2) is 10.3. The molecule has 0 unspecified atom stereocenters. The molecule has 168 valence electrons. The second-order valence-electron chi connectivity index (χ2n) is 7.87. The first kappa shape index (κ1) is 24.0. The molecule has 0 radical (unpaired) electrons. The normalized spacial score (nSPS) is 12.5. The van der Waals surface area contributed by atoms with Gasteiger partial charge in [0, 0.05) is 11.6 Å². The lowest BCUT2D eigenvalue weighted by Crippen LogP contribution is -2.41. The summed E-state index contributed by atoms with van der Waals surface area (Å²) in [6.45, 7) is 5.26. The Balaban J connectivity index is 1.86. The first-order valence-electron chi connectivity index (χ1n) is 10.3. The van der Waals surface area contributed by atoms with Crippen LogP contribution in [-0.2, 0) is 21.4 Å². The molecule has 0 heterocycles. The second-order valence-corrected chi connectivity index (χ2v) is 10.2. The van der Waals surface area contributed by atoms with Gasteiger partial charge in [0.1, 0.15) is 0 Å². The number of halogens is 1. The van der Waals surface area contributed by atoms with Crippen LogP contribution in [0.4, 0.5) is 0 Å². The average Bonchev–Trinajstić information content (AvgIpc) is 2.76. The number of carbonyl (C=O) groups is 1. The summed E-state index contributed by atoms with van der Waals surface area (Å²) in [7, 11) is -3.90. The van der Waals surface area contributed by atoms with Crippen molar-refractivity contribution < 1.29 is 13.2 Å². The van der Waals surface area contributed by atoms with Gasteiger partial charge in [-0.05, 0) is 61.2 Å². The Morgan fingerprint density at radius 1 is 1.00 bits per heavy atom. The zero-order chi connectivity index (χ0) is 23.3. The molecule has 0 bridgehead atoms. The molecule has 0 saturated carbocycles. The van der Waals surface area contributed by atoms with Crippen LogP contribution in [0.15, 0.2) is 77.7 Å². The monoisotopic (exact) mass is 470 g/mol. The minimum atomic E-state index is -3.90. The van der Waals surface area contributed by atoms with Crippen molar-refractivity contribution in [2.24, 2.45) is 0 Å². The van der Waals surface area contributed by atoms with Crippen LogP contribution >= 0.6 is 11.6 Å². The van der Waals surface area contributed by atoms with Crippen molar-refractivity contribution in [3.63, 3.8) is 0 Å². The van der Waals surface area contributed by atoms with Crippen molar-refractivity contribution in [3.8, 4) is 0 Å². The summed E-state index contributed by atoms with van der Waals surface area (Å²) in [5.74, 6) is -0.378. The highest BCUT2D eigenvalue weighted by Crippen LogP contribution is 2.23. The van der Waals surface area contributed by atoms with E-state index in [2.05, 4.69) is 5.32 Å². The number of carbonyl (C=O) groups excluding carboxylic acids is 1. The topological polar surface area (TPSA) is 66.5 Å². The molecule has 0 aliphatic heterocycles. The van der Waals surface area contributed by atoms with Crippen molar-refractivity contribution in [1.82, 2.24) is 9.62 Å². The van der Waals surface area contributed by atoms with Crippen molar-refractivity contribution >= 4 is 27.5 Å². The Kier molecular flexibility index (Phi) is 7.72. The van der Waals surface area contributed by atoms with Crippen molar-refractivity contribution in [2.45, 2.75) is 38.3 Å². The molecule has 32 heavy (non-hydrogen) atoms. The van der Waals surface area contributed by atoms with Gasteiger partial charge < -0.3 is 5.32 Å². The van der Waals surface area contributed by atoms with E-state index in [4.69, 9.17) is 11.6 Å². The number of hydrogen-bond acceptors (Lipinski definition) is 3. The lowest BCUT2D eigenvalue weighted by molar-refractivity contribution is -0.122. The third kappa shape index (κ3) is 5.97. The van der Waals surface area contributed by atoms with E-state index in [1.807, 2.05) is 62.4 Å². The van der Waals surface area contributed by atoms with E-state index < -0.39 is 10.0 Å². The van der Waals surface area contributed by atoms with E-state index in [-0.39, 0.29) is 29.9 Å². The summed E-state index contributed by atoms with van der Waals surface area (Å²) in [6.07, 6.45) is 0. The predicted octanol–water partition coefficient (Wildman–Crippen LogP) is 5.03. The van der Waals surface area contributed by atoms with E-state index in [0.717, 1.165) is 16.7 Å². The van der Waals surface area contributed by atoms with Crippen LogP contribution in [0.3, 0.4) is 0 Å². The summed E-state index contributed by atoms with van der Waals surface area (Å²) in [6, 6.07) is 21.5. The molecule has 7 heteroatoms. The van der Waals surface area contributed by atoms with Crippen LogP contribution < -0.4 is 5.32 Å². The van der Waals surface area contributed by atoms with Gasteiger partial charge in [0.25, 0.3) is 0 Å². The van der Waals surface area contributed by atoms with Crippen LogP contribution in [0.5, 0.6) is 0 Å². The van der Waals surface area contributed by atoms with Gasteiger partial charge in [0.2, 0.25) is 15.9 Å². The molecule has 0 aliphatic rings. The molecule has 1 N–H and O–H groups in total. The van der Waals surface area contributed by atoms with Gasteiger partial charge in [-0.1, -0.05) is 66.2 Å². The van der Waals surface area contributed by atoms with Crippen LogP contribution in [0, 0.1) is 13.8 Å². The molecule has 0 aromatic heterocycles. The number of nitrogens with zero attached hydrogens (tertiary/aromatic N) is 1. The van der Waals surface area contributed by atoms with Gasteiger partial charge in [-0.25, -0.2) is 8.42 Å². The molecule has 1 atom stereocenters. The highest BCUT2D eigenvalue weighted by molar-refractivity contribution is 7.89. The zero-order valence-corrected chi connectivity index (χ0v) is 20.0. The van der Waals surface area contributed by atoms with Crippen molar-refractivity contribution in [2.75, 3.05) is 6.54 Å². The molecule has 3 aromatic carbocycles. The number of amides is 1. The minimum absolute atomic E-state index is 0.0965. The van der Waals surface area contributed by atoms with Gasteiger partial charge in [-0.15, -0.1) is 0 Å². The molecule has 0 spiro atoms. The van der Waals surface area contributed by atoms with Crippen LogP contribution in [0.2, 0.25) is 5.02 Å². The number of rotatable bonds is 8. The van der Waals surface area contributed by atoms with Gasteiger partial charge in [0.05, 0.1) is 17.5 Å². The largest absolute Gasteiger partial charge is 0.348 e. The first-order valence-corrected chi connectivity index (χ1v) is 12.1. The van der Waals surface area contributed by atoms with Crippen LogP contribution in [-0.4, -0.2) is 25.2 Å².